The highest BCUT2D eigenvalue weighted by molar-refractivity contribution is 5.96. The van der Waals surface area contributed by atoms with Gasteiger partial charge in [-0.2, -0.15) is 0 Å². The van der Waals surface area contributed by atoms with Gasteiger partial charge in [-0.25, -0.2) is 4.68 Å². The Kier molecular flexibility index (Phi) is 7.68. The van der Waals surface area contributed by atoms with Crippen LogP contribution in [0.1, 0.15) is 63.0 Å². The number of carbonyl (C=O) groups excluding carboxylic acids is 1. The summed E-state index contributed by atoms with van der Waals surface area (Å²) in [5, 5.41) is 19.0. The van der Waals surface area contributed by atoms with Crippen molar-refractivity contribution in [2.45, 2.75) is 52.6 Å². The maximum Gasteiger partial charge on any atom is 0.307 e. The molecule has 42 heavy (non-hydrogen) atoms. The fraction of sp³-hybridized carbons (Fsp3) is 0.394. The van der Waals surface area contributed by atoms with Crippen LogP contribution in [0.5, 0.6) is 5.75 Å². The minimum Gasteiger partial charge on any atom is -0.491 e. The molecule has 2 atom stereocenters. The highest BCUT2D eigenvalue weighted by atomic mass is 16.5. The molecule has 1 aromatic heterocycles. The lowest BCUT2D eigenvalue weighted by Crippen LogP contribution is -2.36. The highest BCUT2D eigenvalue weighted by Gasteiger charge is 2.31. The van der Waals surface area contributed by atoms with Gasteiger partial charge in [-0.15, -0.1) is 5.10 Å². The summed E-state index contributed by atoms with van der Waals surface area (Å²) < 4.78 is 13.6. The molecule has 3 aromatic carbocycles. The van der Waals surface area contributed by atoms with E-state index in [4.69, 9.17) is 9.47 Å². The van der Waals surface area contributed by atoms with Crippen LogP contribution in [-0.2, 0) is 29.0 Å². The molecule has 0 fully saturated rings. The predicted molar refractivity (Wildman–Crippen MR) is 158 cm³/mol. The second kappa shape index (κ2) is 11.6. The molecule has 218 valence electrons. The second-order valence-corrected chi connectivity index (χ2v) is 11.4. The predicted octanol–water partition coefficient (Wildman–Crippen LogP) is 4.90. The molecule has 6 heterocycles. The van der Waals surface area contributed by atoms with Crippen molar-refractivity contribution in [3.8, 4) is 5.75 Å². The van der Waals surface area contributed by atoms with E-state index in [1.807, 2.05) is 59.8 Å². The number of ether oxygens (including phenoxy) is 2. The van der Waals surface area contributed by atoms with Gasteiger partial charge in [0.25, 0.3) is 5.91 Å². The number of benzene rings is 3. The number of carboxylic acids is 1. The second-order valence-electron chi connectivity index (χ2n) is 11.4. The molecule has 0 unspecified atom stereocenters. The molecule has 0 aliphatic carbocycles. The van der Waals surface area contributed by atoms with Gasteiger partial charge in [-0.3, -0.25) is 9.59 Å². The first-order valence-electron chi connectivity index (χ1n) is 14.6. The number of carboxylic acid groups (broad SMARTS) is 1. The van der Waals surface area contributed by atoms with E-state index in [-0.39, 0.29) is 5.91 Å². The fourth-order valence-electron chi connectivity index (χ4n) is 6.28. The Hall–Kier alpha value is -4.24. The van der Waals surface area contributed by atoms with E-state index < -0.39 is 17.8 Å². The van der Waals surface area contributed by atoms with Gasteiger partial charge in [0, 0.05) is 37.7 Å². The first kappa shape index (κ1) is 27.9. The average molecular weight is 569 g/mol. The van der Waals surface area contributed by atoms with Crippen molar-refractivity contribution in [3.05, 3.63) is 87.5 Å². The molecule has 0 saturated heterocycles. The Balaban J connectivity index is 1.42. The maximum absolute atomic E-state index is 13.6. The quantitative estimate of drug-likeness (QED) is 0.367. The SMILES string of the molecule is Cc1cc2ccc1C(=O)N1CCc3ccc(cc3C1)[C@H]([C@@H](C)C(=O)O)c1ccc3c(nnn3CCCOCCO2)c1C. The lowest BCUT2D eigenvalue weighted by Gasteiger charge is -2.31. The van der Waals surface area contributed by atoms with Crippen LogP contribution >= 0.6 is 0 Å². The largest absolute Gasteiger partial charge is 0.491 e. The third-order valence-corrected chi connectivity index (χ3v) is 8.68. The van der Waals surface area contributed by atoms with Gasteiger partial charge < -0.3 is 19.5 Å². The molecule has 4 aromatic rings. The Morgan fingerprint density at radius 3 is 2.69 bits per heavy atom. The van der Waals surface area contributed by atoms with Gasteiger partial charge in [0.1, 0.15) is 17.9 Å². The van der Waals surface area contributed by atoms with Gasteiger partial charge in [0.05, 0.1) is 18.0 Å². The fourth-order valence-corrected chi connectivity index (χ4v) is 6.28. The number of nitrogens with zero attached hydrogens (tertiary/aromatic N) is 4. The minimum absolute atomic E-state index is 0.0170. The molecular formula is C33H36N4O5. The Morgan fingerprint density at radius 1 is 1.02 bits per heavy atom. The van der Waals surface area contributed by atoms with Gasteiger partial charge in [0.15, 0.2) is 0 Å². The minimum atomic E-state index is -0.863. The summed E-state index contributed by atoms with van der Waals surface area (Å²) in [5.74, 6) is -1.24. The molecule has 1 N–H and O–H groups in total. The van der Waals surface area contributed by atoms with Gasteiger partial charge in [-0.1, -0.05) is 36.4 Å². The van der Waals surface area contributed by atoms with Crippen LogP contribution in [0.15, 0.2) is 48.5 Å². The van der Waals surface area contributed by atoms with Crippen molar-refractivity contribution < 1.29 is 24.2 Å². The molecule has 9 rings (SSSR count). The zero-order valence-corrected chi connectivity index (χ0v) is 24.3. The summed E-state index contributed by atoms with van der Waals surface area (Å²) in [6, 6.07) is 15.8. The Bertz CT molecular complexity index is 1660. The lowest BCUT2D eigenvalue weighted by atomic mass is 9.78. The van der Waals surface area contributed by atoms with Gasteiger partial charge >= 0.3 is 5.97 Å². The molecule has 9 nitrogen and oxygen atoms in total. The third kappa shape index (κ3) is 5.25. The molecule has 5 aliphatic heterocycles. The molecule has 0 radical (unpaired) electrons. The number of hydrogen-bond acceptors (Lipinski definition) is 6. The average Bonchev–Trinajstić information content (AvgIpc) is 3.40. The first-order chi connectivity index (χ1) is 20.3. The molecule has 9 bridgehead atoms. The van der Waals surface area contributed by atoms with Crippen molar-refractivity contribution in [2.75, 3.05) is 26.4 Å². The van der Waals surface area contributed by atoms with Crippen LogP contribution in [-0.4, -0.2) is 63.2 Å². The van der Waals surface area contributed by atoms with Crippen LogP contribution in [0.4, 0.5) is 0 Å². The molecule has 0 saturated carbocycles. The van der Waals surface area contributed by atoms with E-state index in [2.05, 4.69) is 22.4 Å². The number of hydrogen-bond donors (Lipinski definition) is 1. The van der Waals surface area contributed by atoms with Crippen molar-refractivity contribution >= 4 is 22.9 Å². The van der Waals surface area contributed by atoms with E-state index >= 15 is 0 Å². The van der Waals surface area contributed by atoms with E-state index in [0.717, 1.165) is 51.7 Å². The monoisotopic (exact) mass is 568 g/mol. The van der Waals surface area contributed by atoms with Crippen molar-refractivity contribution in [2.24, 2.45) is 5.92 Å². The summed E-state index contributed by atoms with van der Waals surface area (Å²) in [5.41, 5.74) is 8.22. The number of rotatable bonds is 2. The van der Waals surface area contributed by atoms with Crippen molar-refractivity contribution in [3.63, 3.8) is 0 Å². The van der Waals surface area contributed by atoms with Crippen LogP contribution < -0.4 is 4.74 Å². The van der Waals surface area contributed by atoms with Crippen LogP contribution in [0, 0.1) is 19.8 Å². The number of carbonyl (C=O) groups is 2. The Morgan fingerprint density at radius 2 is 1.88 bits per heavy atom. The summed E-state index contributed by atoms with van der Waals surface area (Å²) in [6.07, 6.45) is 1.51. The smallest absolute Gasteiger partial charge is 0.307 e. The van der Waals surface area contributed by atoms with E-state index in [1.54, 1.807) is 6.92 Å². The summed E-state index contributed by atoms with van der Waals surface area (Å²) in [6.45, 7) is 8.86. The van der Waals surface area contributed by atoms with E-state index in [0.29, 0.717) is 50.8 Å². The lowest BCUT2D eigenvalue weighted by molar-refractivity contribution is -0.141. The number of aliphatic carboxylic acids is 1. The number of amides is 1. The summed E-state index contributed by atoms with van der Waals surface area (Å²) in [4.78, 5) is 27.9. The zero-order valence-electron chi connectivity index (χ0n) is 24.3. The van der Waals surface area contributed by atoms with Gasteiger partial charge in [-0.05, 0) is 84.3 Å². The third-order valence-electron chi connectivity index (χ3n) is 8.68. The van der Waals surface area contributed by atoms with Crippen molar-refractivity contribution in [1.29, 1.82) is 0 Å². The number of aromatic nitrogens is 3. The number of aryl methyl sites for hydroxylation is 3. The van der Waals surface area contributed by atoms with Crippen LogP contribution in [0.25, 0.3) is 11.0 Å². The molecule has 0 spiro atoms. The molecule has 5 aliphatic rings. The summed E-state index contributed by atoms with van der Waals surface area (Å²) >= 11 is 0. The standard InChI is InChI=1S/C33H36N4O5/c1-20-17-26-7-8-27(20)32(38)36-13-11-23-5-6-24(18-25(23)19-36)30(22(3)33(39)40)28-9-10-29-31(21(28)2)34-35-37(29)12-4-14-41-15-16-42-26/h5-10,17-18,22,30H,4,11-16,19H2,1-3H3,(H,39,40)/t22-,30+/m1/s1. The zero-order chi connectivity index (χ0) is 29.4. The normalized spacial score (nSPS) is 18.5. The molecular weight excluding hydrogens is 532 g/mol. The summed E-state index contributed by atoms with van der Waals surface area (Å²) in [7, 11) is 0. The van der Waals surface area contributed by atoms with Gasteiger partial charge in [0.2, 0.25) is 0 Å². The van der Waals surface area contributed by atoms with Crippen molar-refractivity contribution in [1.82, 2.24) is 19.9 Å². The maximum atomic E-state index is 13.6. The van der Waals surface area contributed by atoms with E-state index in [9.17, 15) is 14.7 Å². The highest BCUT2D eigenvalue weighted by Crippen LogP contribution is 2.38. The first-order valence-corrected chi connectivity index (χ1v) is 14.6. The topological polar surface area (TPSA) is 107 Å². The van der Waals surface area contributed by atoms with Crippen LogP contribution in [0.3, 0.4) is 0 Å². The van der Waals surface area contributed by atoms with E-state index in [1.165, 1.54) is 5.56 Å². The molecule has 9 heteroatoms. The van der Waals surface area contributed by atoms with Crippen LogP contribution in [0.2, 0.25) is 0 Å². The molecule has 1 amide bonds. The Labute approximate surface area is 245 Å².